The highest BCUT2D eigenvalue weighted by atomic mass is 35.5. The number of nitrogens with two attached hydrogens (primary N) is 1. The van der Waals surface area contributed by atoms with Gasteiger partial charge in [0.1, 0.15) is 0 Å². The molecule has 1 saturated carbocycles. The number of nitrogens with one attached hydrogen (secondary N) is 2. The van der Waals surface area contributed by atoms with E-state index in [-0.39, 0.29) is 25.0 Å². The minimum Gasteiger partial charge on any atom is -0.456 e. The molecule has 1 aliphatic rings. The third kappa shape index (κ3) is 6.71. The zero-order valence-corrected chi connectivity index (χ0v) is 17.0. The van der Waals surface area contributed by atoms with Crippen LogP contribution in [0.5, 0.6) is 0 Å². The number of rotatable bonds is 7. The first-order valence-electron chi connectivity index (χ1n) is 9.52. The molecule has 0 aliphatic heterocycles. The molecule has 154 valence electrons. The number of esters is 1. The molecule has 28 heavy (non-hydrogen) atoms. The molecule has 0 radical (unpaired) electrons. The van der Waals surface area contributed by atoms with Crippen molar-refractivity contribution in [3.05, 3.63) is 34.9 Å². The van der Waals surface area contributed by atoms with Gasteiger partial charge >= 0.3 is 12.0 Å². The van der Waals surface area contributed by atoms with Crippen molar-refractivity contribution in [2.24, 2.45) is 17.6 Å². The molecule has 2 rings (SSSR count). The van der Waals surface area contributed by atoms with Gasteiger partial charge in [0.2, 0.25) is 0 Å². The van der Waals surface area contributed by atoms with E-state index in [1.807, 2.05) is 0 Å². The van der Waals surface area contributed by atoms with Crippen LogP contribution in [0.1, 0.15) is 51.1 Å². The molecule has 0 spiro atoms. The van der Waals surface area contributed by atoms with Crippen LogP contribution in [0, 0.1) is 11.8 Å². The summed E-state index contributed by atoms with van der Waals surface area (Å²) in [6.07, 6.45) is 3.04. The smallest absolute Gasteiger partial charge is 0.312 e. The first kappa shape index (κ1) is 22.0. The molecule has 7 nitrogen and oxygen atoms in total. The van der Waals surface area contributed by atoms with Crippen LogP contribution in [0.4, 0.5) is 4.79 Å². The van der Waals surface area contributed by atoms with Crippen LogP contribution in [0.15, 0.2) is 24.3 Å². The highest BCUT2D eigenvalue weighted by Crippen LogP contribution is 2.29. The lowest BCUT2D eigenvalue weighted by Crippen LogP contribution is -2.45. The fourth-order valence-electron chi connectivity index (χ4n) is 3.52. The van der Waals surface area contributed by atoms with Crippen molar-refractivity contribution in [1.82, 2.24) is 10.6 Å². The molecule has 3 amide bonds. The van der Waals surface area contributed by atoms with Gasteiger partial charge in [0, 0.05) is 11.1 Å². The van der Waals surface area contributed by atoms with E-state index in [0.29, 0.717) is 22.4 Å². The molecule has 1 aromatic rings. The van der Waals surface area contributed by atoms with E-state index >= 15 is 0 Å². The number of urea groups is 1. The average molecular weight is 410 g/mol. The Morgan fingerprint density at radius 1 is 1.21 bits per heavy atom. The van der Waals surface area contributed by atoms with Gasteiger partial charge in [0.25, 0.3) is 5.91 Å². The lowest BCUT2D eigenvalue weighted by Gasteiger charge is -2.34. The van der Waals surface area contributed by atoms with Crippen LogP contribution in [-0.2, 0) is 14.3 Å². The Morgan fingerprint density at radius 3 is 2.54 bits per heavy atom. The van der Waals surface area contributed by atoms with Crippen molar-refractivity contribution in [1.29, 1.82) is 0 Å². The third-order valence-electron chi connectivity index (χ3n) is 5.38. The van der Waals surface area contributed by atoms with Crippen LogP contribution < -0.4 is 16.4 Å². The maximum absolute atomic E-state index is 12.2. The molecule has 0 heterocycles. The van der Waals surface area contributed by atoms with Gasteiger partial charge in [-0.15, -0.1) is 0 Å². The fraction of sp³-hybridized carbons (Fsp3) is 0.550. The van der Waals surface area contributed by atoms with Crippen molar-refractivity contribution in [2.75, 3.05) is 6.61 Å². The Kier molecular flexibility index (Phi) is 8.11. The zero-order valence-electron chi connectivity index (χ0n) is 16.2. The van der Waals surface area contributed by atoms with Gasteiger partial charge in [-0.2, -0.15) is 0 Å². The summed E-state index contributed by atoms with van der Waals surface area (Å²) in [5.41, 5.74) is 5.86. The molecular weight excluding hydrogens is 382 g/mol. The lowest BCUT2D eigenvalue weighted by molar-refractivity contribution is -0.149. The topological polar surface area (TPSA) is 111 Å². The predicted octanol–water partition coefficient (Wildman–Crippen LogP) is 2.92. The number of carbonyl (C=O) groups is 3. The molecule has 1 fully saturated rings. The predicted molar refractivity (Wildman–Crippen MR) is 107 cm³/mol. The van der Waals surface area contributed by atoms with E-state index in [2.05, 4.69) is 24.5 Å². The molecule has 8 heteroatoms. The first-order chi connectivity index (χ1) is 13.3. The van der Waals surface area contributed by atoms with E-state index in [9.17, 15) is 14.4 Å². The van der Waals surface area contributed by atoms with Crippen LogP contribution in [0.3, 0.4) is 0 Å². The Hall–Kier alpha value is -2.28. The minimum atomic E-state index is -0.758. The van der Waals surface area contributed by atoms with Crippen LogP contribution in [-0.4, -0.2) is 30.6 Å². The van der Waals surface area contributed by atoms with Gasteiger partial charge in [-0.05, 0) is 36.0 Å². The monoisotopic (exact) mass is 409 g/mol. The number of benzene rings is 1. The van der Waals surface area contributed by atoms with Crippen molar-refractivity contribution < 1.29 is 19.1 Å². The van der Waals surface area contributed by atoms with Gasteiger partial charge in [0.05, 0.1) is 12.5 Å². The van der Waals surface area contributed by atoms with Gasteiger partial charge < -0.3 is 21.1 Å². The summed E-state index contributed by atoms with van der Waals surface area (Å²) in [7, 11) is 0. The zero-order chi connectivity index (χ0) is 20.7. The average Bonchev–Trinajstić information content (AvgIpc) is 2.63. The number of hydrogen-bond donors (Lipinski definition) is 3. The van der Waals surface area contributed by atoms with Crippen molar-refractivity contribution in [3.8, 4) is 0 Å². The number of halogens is 1. The summed E-state index contributed by atoms with van der Waals surface area (Å²) in [6.45, 7) is 3.97. The molecule has 4 N–H and O–H groups in total. The number of hydrogen-bond acceptors (Lipinski definition) is 4. The molecule has 0 bridgehead atoms. The Labute approximate surface area is 170 Å². The Bertz CT molecular complexity index is 695. The summed E-state index contributed by atoms with van der Waals surface area (Å²) in [6, 6.07) is 5.36. The molecule has 1 aromatic carbocycles. The second kappa shape index (κ2) is 10.3. The Morgan fingerprint density at radius 2 is 1.89 bits per heavy atom. The van der Waals surface area contributed by atoms with Crippen LogP contribution >= 0.6 is 11.6 Å². The van der Waals surface area contributed by atoms with Crippen molar-refractivity contribution in [2.45, 2.75) is 51.6 Å². The Balaban J connectivity index is 1.85. The summed E-state index contributed by atoms with van der Waals surface area (Å²) in [5, 5.41) is 6.00. The first-order valence-corrected chi connectivity index (χ1v) is 9.90. The summed E-state index contributed by atoms with van der Waals surface area (Å²) >= 11 is 5.86. The maximum Gasteiger partial charge on any atom is 0.312 e. The van der Waals surface area contributed by atoms with Gasteiger partial charge in [-0.3, -0.25) is 9.59 Å². The second-order valence-corrected chi connectivity index (χ2v) is 7.86. The number of carbonyl (C=O) groups excluding carboxylic acids is 3. The fourth-order valence-corrected chi connectivity index (χ4v) is 3.65. The highest BCUT2D eigenvalue weighted by molar-refractivity contribution is 6.30. The van der Waals surface area contributed by atoms with Crippen molar-refractivity contribution >= 4 is 29.5 Å². The van der Waals surface area contributed by atoms with E-state index < -0.39 is 18.0 Å². The summed E-state index contributed by atoms with van der Waals surface area (Å²) in [5.74, 6) is 0.0307. The van der Waals surface area contributed by atoms with E-state index in [4.69, 9.17) is 22.1 Å². The third-order valence-corrected chi connectivity index (χ3v) is 5.63. The summed E-state index contributed by atoms with van der Waals surface area (Å²) in [4.78, 5) is 35.6. The maximum atomic E-state index is 12.2. The van der Waals surface area contributed by atoms with Gasteiger partial charge in [0.15, 0.2) is 6.61 Å². The molecule has 1 aliphatic carbocycles. The van der Waals surface area contributed by atoms with Crippen LogP contribution in [0.25, 0.3) is 0 Å². The van der Waals surface area contributed by atoms with Gasteiger partial charge in [-0.25, -0.2) is 4.79 Å². The molecule has 0 unspecified atom stereocenters. The molecule has 0 aromatic heterocycles. The normalized spacial score (nSPS) is 22.8. The van der Waals surface area contributed by atoms with Gasteiger partial charge in [-0.1, -0.05) is 50.4 Å². The highest BCUT2D eigenvalue weighted by Gasteiger charge is 2.28. The second-order valence-electron chi connectivity index (χ2n) is 7.42. The van der Waals surface area contributed by atoms with Crippen LogP contribution in [0.2, 0.25) is 5.02 Å². The van der Waals surface area contributed by atoms with E-state index in [0.717, 1.165) is 12.8 Å². The number of primary amides is 1. The van der Waals surface area contributed by atoms with E-state index in [1.54, 1.807) is 24.3 Å². The largest absolute Gasteiger partial charge is 0.456 e. The number of amides is 3. The number of ether oxygens (including phenoxy) is 1. The molecular formula is C20H28ClN3O4. The SMILES string of the molecule is C[C@@H]1[C@H](C)CCC[C@@H]1NC(=O)COC(=O)C[C@H](NC(N)=O)c1ccc(Cl)cc1. The molecule has 4 atom stereocenters. The minimum absolute atomic E-state index is 0.105. The van der Waals surface area contributed by atoms with Crippen molar-refractivity contribution in [3.63, 3.8) is 0 Å². The molecule has 0 saturated heterocycles. The lowest BCUT2D eigenvalue weighted by atomic mass is 9.78. The summed E-state index contributed by atoms with van der Waals surface area (Å²) < 4.78 is 5.10. The van der Waals surface area contributed by atoms with E-state index in [1.165, 1.54) is 6.42 Å². The quantitative estimate of drug-likeness (QED) is 0.601. The standard InChI is InChI=1S/C20H28ClN3O4/c1-12-4-3-5-16(13(12)2)23-18(25)11-28-19(26)10-17(24-20(22)27)14-6-8-15(21)9-7-14/h6-9,12-13,16-17H,3-5,10-11H2,1-2H3,(H,23,25)(H3,22,24,27)/t12-,13-,16+,17+/m1/s1.